The first-order chi connectivity index (χ1) is 9.33. The van der Waals surface area contributed by atoms with Gasteiger partial charge in [0.1, 0.15) is 5.52 Å². The highest BCUT2D eigenvalue weighted by Crippen LogP contribution is 2.31. The van der Waals surface area contributed by atoms with Crippen molar-refractivity contribution in [3.05, 3.63) is 53.3 Å². The van der Waals surface area contributed by atoms with E-state index in [-0.39, 0.29) is 0 Å². The van der Waals surface area contributed by atoms with Gasteiger partial charge in [-0.05, 0) is 12.1 Å². The zero-order valence-electron chi connectivity index (χ0n) is 9.71. The van der Waals surface area contributed by atoms with Crippen LogP contribution in [0.4, 0.5) is 0 Å². The van der Waals surface area contributed by atoms with Crippen molar-refractivity contribution in [3.63, 3.8) is 0 Å². The van der Waals surface area contributed by atoms with Crippen LogP contribution in [-0.2, 0) is 0 Å². The van der Waals surface area contributed by atoms with Gasteiger partial charge in [-0.3, -0.25) is 4.98 Å². The van der Waals surface area contributed by atoms with Crippen LogP contribution in [0.2, 0.25) is 0 Å². The molecule has 0 unspecified atom stereocenters. The number of H-pyrrole nitrogens is 1. The van der Waals surface area contributed by atoms with Crippen molar-refractivity contribution >= 4 is 22.2 Å². The summed E-state index contributed by atoms with van der Waals surface area (Å²) in [7, 11) is 0. The Morgan fingerprint density at radius 2 is 1.79 bits per heavy atom. The number of fused-ring (bicyclic) bond motifs is 2. The molecule has 0 fully saturated rings. The van der Waals surface area contributed by atoms with E-state index >= 15 is 0 Å². The molecule has 2 heterocycles. The van der Waals surface area contributed by atoms with E-state index in [4.69, 9.17) is 8.83 Å². The lowest BCUT2D eigenvalue weighted by Gasteiger charge is -2.02. The Hall–Kier alpha value is -2.82. The first kappa shape index (κ1) is 10.1. The molecule has 5 nitrogen and oxygen atoms in total. The van der Waals surface area contributed by atoms with Gasteiger partial charge in [0.05, 0.1) is 5.52 Å². The smallest absolute Gasteiger partial charge is 0.417 e. The van der Waals surface area contributed by atoms with Crippen LogP contribution in [0, 0.1) is 0 Å². The summed E-state index contributed by atoms with van der Waals surface area (Å²) < 4.78 is 10.4. The number of hydrogen-bond donors (Lipinski definition) is 1. The molecule has 2 aromatic heterocycles. The number of nitrogens with zero attached hydrogens (tertiary/aromatic N) is 1. The minimum Gasteiger partial charge on any atom is -0.443 e. The van der Waals surface area contributed by atoms with Gasteiger partial charge in [0.25, 0.3) is 0 Å². The number of aromatic nitrogens is 2. The Balaban J connectivity index is 2.14. The second-order valence-electron chi connectivity index (χ2n) is 4.20. The largest absolute Gasteiger partial charge is 0.443 e. The number of benzene rings is 2. The predicted octanol–water partition coefficient (Wildman–Crippen LogP) is 2.93. The lowest BCUT2D eigenvalue weighted by molar-refractivity contribution is 0.555. The molecule has 0 aliphatic rings. The highest BCUT2D eigenvalue weighted by atomic mass is 16.4. The quantitative estimate of drug-likeness (QED) is 0.565. The maximum Gasteiger partial charge on any atom is 0.417 e. The van der Waals surface area contributed by atoms with Gasteiger partial charge in [0.2, 0.25) is 0 Å². The molecule has 4 aromatic rings. The summed E-state index contributed by atoms with van der Waals surface area (Å²) in [5.74, 6) is -0.463. The highest BCUT2D eigenvalue weighted by molar-refractivity contribution is 5.99. The lowest BCUT2D eigenvalue weighted by atomic mass is 10.0. The maximum absolute atomic E-state index is 11.3. The Morgan fingerprint density at radius 1 is 1.00 bits per heavy atom. The second kappa shape index (κ2) is 3.58. The van der Waals surface area contributed by atoms with Crippen molar-refractivity contribution in [1.29, 1.82) is 0 Å². The molecule has 19 heavy (non-hydrogen) atoms. The van der Waals surface area contributed by atoms with Crippen LogP contribution < -0.4 is 5.76 Å². The summed E-state index contributed by atoms with van der Waals surface area (Å²) >= 11 is 0. The number of oxazole rings is 2. The molecule has 0 saturated heterocycles. The van der Waals surface area contributed by atoms with Gasteiger partial charge in [-0.15, -0.1) is 0 Å². The normalized spacial score (nSPS) is 11.4. The van der Waals surface area contributed by atoms with Crippen LogP contribution in [0.15, 0.2) is 56.4 Å². The van der Waals surface area contributed by atoms with Crippen LogP contribution >= 0.6 is 0 Å². The molecule has 0 radical (unpaired) electrons. The highest BCUT2D eigenvalue weighted by Gasteiger charge is 2.12. The maximum atomic E-state index is 11.3. The van der Waals surface area contributed by atoms with E-state index in [2.05, 4.69) is 9.97 Å². The summed E-state index contributed by atoms with van der Waals surface area (Å²) in [5.41, 5.74) is 4.43. The number of aromatic amines is 1. The molecule has 0 spiro atoms. The molecule has 0 saturated carbocycles. The molecule has 5 heteroatoms. The van der Waals surface area contributed by atoms with Gasteiger partial charge < -0.3 is 8.83 Å². The van der Waals surface area contributed by atoms with E-state index in [1.807, 2.05) is 30.3 Å². The molecule has 0 amide bonds. The van der Waals surface area contributed by atoms with E-state index < -0.39 is 5.76 Å². The molecule has 0 bridgehead atoms. The summed E-state index contributed by atoms with van der Waals surface area (Å²) in [4.78, 5) is 18.3. The molecular formula is C14H8N2O3. The lowest BCUT2D eigenvalue weighted by Crippen LogP contribution is -1.93. The van der Waals surface area contributed by atoms with E-state index in [1.54, 1.807) is 6.07 Å². The monoisotopic (exact) mass is 252 g/mol. The zero-order valence-corrected chi connectivity index (χ0v) is 9.71. The Morgan fingerprint density at radius 3 is 2.68 bits per heavy atom. The van der Waals surface area contributed by atoms with Crippen molar-refractivity contribution in [1.82, 2.24) is 9.97 Å². The third-order valence-corrected chi connectivity index (χ3v) is 3.11. The topological polar surface area (TPSA) is 72.0 Å². The Labute approximate surface area is 106 Å². The van der Waals surface area contributed by atoms with Crippen molar-refractivity contribution in [2.75, 3.05) is 0 Å². The van der Waals surface area contributed by atoms with Crippen LogP contribution in [0.1, 0.15) is 0 Å². The molecular weight excluding hydrogens is 244 g/mol. The van der Waals surface area contributed by atoms with Crippen molar-refractivity contribution in [2.45, 2.75) is 0 Å². The fourth-order valence-electron chi connectivity index (χ4n) is 2.30. The average molecular weight is 252 g/mol. The predicted molar refractivity (Wildman–Crippen MR) is 69.8 cm³/mol. The first-order valence-electron chi connectivity index (χ1n) is 5.77. The van der Waals surface area contributed by atoms with E-state index in [1.165, 1.54) is 6.39 Å². The minimum atomic E-state index is -0.463. The Kier molecular flexibility index (Phi) is 1.91. The van der Waals surface area contributed by atoms with Gasteiger partial charge in [-0.25, -0.2) is 9.78 Å². The summed E-state index contributed by atoms with van der Waals surface area (Å²) in [6, 6.07) is 11.2. The fraction of sp³-hybridized carbons (Fsp3) is 0. The van der Waals surface area contributed by atoms with Crippen LogP contribution in [0.5, 0.6) is 0 Å². The van der Waals surface area contributed by atoms with Gasteiger partial charge >= 0.3 is 5.76 Å². The van der Waals surface area contributed by atoms with E-state index in [0.717, 1.165) is 16.6 Å². The number of rotatable bonds is 1. The van der Waals surface area contributed by atoms with Crippen molar-refractivity contribution < 1.29 is 8.83 Å². The van der Waals surface area contributed by atoms with Crippen molar-refractivity contribution in [2.24, 2.45) is 0 Å². The number of hydrogen-bond acceptors (Lipinski definition) is 4. The molecule has 0 atom stereocenters. The third-order valence-electron chi connectivity index (χ3n) is 3.11. The van der Waals surface area contributed by atoms with Gasteiger partial charge in [-0.2, -0.15) is 0 Å². The molecule has 92 valence electrons. The van der Waals surface area contributed by atoms with Crippen LogP contribution in [-0.4, -0.2) is 9.97 Å². The molecule has 4 rings (SSSR count). The average Bonchev–Trinajstić information content (AvgIpc) is 3.02. The third kappa shape index (κ3) is 1.41. The van der Waals surface area contributed by atoms with Crippen molar-refractivity contribution in [3.8, 4) is 11.1 Å². The standard InChI is InChI=1S/C14H8N2O3/c17-14-16-13-9(4-2-6-11(13)19-14)8-3-1-5-10-12(8)15-7-18-10/h1-7H,(H,16,17). The number of para-hydroxylation sites is 2. The zero-order chi connectivity index (χ0) is 12.8. The Bertz CT molecular complexity index is 946. The second-order valence-corrected chi connectivity index (χ2v) is 4.20. The SMILES string of the molecule is O=c1[nH]c2c(-c3cccc4ocnc34)cccc2o1. The molecule has 0 aliphatic heterocycles. The molecule has 0 aliphatic carbocycles. The first-order valence-corrected chi connectivity index (χ1v) is 5.77. The van der Waals surface area contributed by atoms with E-state index in [9.17, 15) is 4.79 Å². The summed E-state index contributed by atoms with van der Waals surface area (Å²) in [6.07, 6.45) is 1.41. The van der Waals surface area contributed by atoms with Gasteiger partial charge in [0, 0.05) is 11.1 Å². The van der Waals surface area contributed by atoms with Crippen LogP contribution in [0.25, 0.3) is 33.3 Å². The van der Waals surface area contributed by atoms with Crippen LogP contribution in [0.3, 0.4) is 0 Å². The minimum absolute atomic E-state index is 0.463. The summed E-state index contributed by atoms with van der Waals surface area (Å²) in [5, 5.41) is 0. The van der Waals surface area contributed by atoms with Gasteiger partial charge in [0.15, 0.2) is 17.6 Å². The fourth-order valence-corrected chi connectivity index (χ4v) is 2.30. The molecule has 1 N–H and O–H groups in total. The number of nitrogens with one attached hydrogen (secondary N) is 1. The summed E-state index contributed by atoms with van der Waals surface area (Å²) in [6.45, 7) is 0. The van der Waals surface area contributed by atoms with Gasteiger partial charge in [-0.1, -0.05) is 24.3 Å². The molecule has 2 aromatic carbocycles. The van der Waals surface area contributed by atoms with E-state index in [0.29, 0.717) is 16.7 Å².